The van der Waals surface area contributed by atoms with Crippen molar-refractivity contribution in [3.05, 3.63) is 28.2 Å². The molecule has 6 heteroatoms. The van der Waals surface area contributed by atoms with Crippen LogP contribution in [0, 0.1) is 0 Å². The number of hydrogen-bond donors (Lipinski definition) is 2. The molecule has 0 saturated carbocycles. The van der Waals surface area contributed by atoms with Crippen LogP contribution in [0.4, 0.5) is 5.69 Å². The van der Waals surface area contributed by atoms with E-state index in [2.05, 4.69) is 5.32 Å². The number of halogens is 2. The van der Waals surface area contributed by atoms with Crippen LogP contribution < -0.4 is 5.32 Å². The van der Waals surface area contributed by atoms with E-state index in [1.165, 1.54) is 0 Å². The van der Waals surface area contributed by atoms with Gasteiger partial charge in [-0.2, -0.15) is 0 Å². The standard InChI is InChI=1S/C12H16Cl2N2O2/c1-16(6-3-7-17)8-11(18)15-10-5-2-4-9(13)12(10)14/h2,4-5,17H,3,6-8H2,1H3,(H,15,18). The summed E-state index contributed by atoms with van der Waals surface area (Å²) in [5.41, 5.74) is 0.504. The largest absolute Gasteiger partial charge is 0.396 e. The Hall–Kier alpha value is -0.810. The van der Waals surface area contributed by atoms with Gasteiger partial charge in [0.15, 0.2) is 0 Å². The fraction of sp³-hybridized carbons (Fsp3) is 0.417. The molecule has 0 aliphatic heterocycles. The van der Waals surface area contributed by atoms with Gasteiger partial charge in [0, 0.05) is 13.2 Å². The van der Waals surface area contributed by atoms with Gasteiger partial charge in [-0.1, -0.05) is 29.3 Å². The summed E-state index contributed by atoms with van der Waals surface area (Å²) in [4.78, 5) is 13.6. The van der Waals surface area contributed by atoms with E-state index in [1.807, 2.05) is 11.9 Å². The first-order valence-corrected chi connectivity index (χ1v) is 6.33. The molecule has 1 aromatic rings. The molecule has 1 amide bonds. The van der Waals surface area contributed by atoms with Gasteiger partial charge in [0.05, 0.1) is 22.3 Å². The first-order chi connectivity index (χ1) is 8.54. The Labute approximate surface area is 116 Å². The number of likely N-dealkylation sites (N-methyl/N-ethyl adjacent to an activating group) is 1. The number of carbonyl (C=O) groups excluding carboxylic acids is 1. The maximum Gasteiger partial charge on any atom is 0.238 e. The second-order valence-electron chi connectivity index (χ2n) is 3.96. The molecule has 0 heterocycles. The fourth-order valence-corrected chi connectivity index (χ4v) is 1.80. The van der Waals surface area contributed by atoms with Crippen LogP contribution in [0.25, 0.3) is 0 Å². The highest BCUT2D eigenvalue weighted by atomic mass is 35.5. The van der Waals surface area contributed by atoms with E-state index < -0.39 is 0 Å². The minimum atomic E-state index is -0.167. The fourth-order valence-electron chi connectivity index (χ4n) is 1.45. The third-order valence-electron chi connectivity index (χ3n) is 2.34. The predicted octanol–water partition coefficient (Wildman–Crippen LogP) is 2.25. The van der Waals surface area contributed by atoms with Crippen LogP contribution in [-0.4, -0.2) is 42.7 Å². The second-order valence-corrected chi connectivity index (χ2v) is 4.75. The van der Waals surface area contributed by atoms with Crippen LogP contribution in [0.5, 0.6) is 0 Å². The van der Waals surface area contributed by atoms with Crippen LogP contribution in [0.2, 0.25) is 10.0 Å². The van der Waals surface area contributed by atoms with Crippen LogP contribution >= 0.6 is 23.2 Å². The van der Waals surface area contributed by atoms with Gasteiger partial charge in [-0.25, -0.2) is 0 Å². The molecule has 0 aliphatic rings. The smallest absolute Gasteiger partial charge is 0.238 e. The van der Waals surface area contributed by atoms with Crippen molar-refractivity contribution in [2.75, 3.05) is 32.1 Å². The normalized spacial score (nSPS) is 10.7. The molecule has 0 aromatic heterocycles. The molecule has 0 radical (unpaired) electrons. The van der Waals surface area contributed by atoms with Gasteiger partial charge in [0.1, 0.15) is 0 Å². The molecule has 0 aliphatic carbocycles. The second kappa shape index (κ2) is 7.59. The number of nitrogens with one attached hydrogen (secondary N) is 1. The summed E-state index contributed by atoms with van der Waals surface area (Å²) in [5.74, 6) is -0.167. The Morgan fingerprint density at radius 2 is 2.17 bits per heavy atom. The zero-order valence-corrected chi connectivity index (χ0v) is 11.6. The van der Waals surface area contributed by atoms with Crippen molar-refractivity contribution in [2.45, 2.75) is 6.42 Å². The minimum Gasteiger partial charge on any atom is -0.396 e. The highest BCUT2D eigenvalue weighted by molar-refractivity contribution is 6.43. The van der Waals surface area contributed by atoms with Crippen molar-refractivity contribution in [3.8, 4) is 0 Å². The number of aliphatic hydroxyl groups excluding tert-OH is 1. The summed E-state index contributed by atoms with van der Waals surface area (Å²) >= 11 is 11.8. The summed E-state index contributed by atoms with van der Waals surface area (Å²) in [6.45, 7) is 1.02. The van der Waals surface area contributed by atoms with E-state index in [1.54, 1.807) is 18.2 Å². The number of anilines is 1. The minimum absolute atomic E-state index is 0.117. The molecule has 18 heavy (non-hydrogen) atoms. The molecule has 0 atom stereocenters. The molecule has 0 unspecified atom stereocenters. The summed E-state index contributed by atoms with van der Waals surface area (Å²) in [6, 6.07) is 5.08. The molecular weight excluding hydrogens is 275 g/mol. The maximum atomic E-state index is 11.7. The number of aliphatic hydroxyl groups is 1. The molecular formula is C12H16Cl2N2O2. The maximum absolute atomic E-state index is 11.7. The Morgan fingerprint density at radius 3 is 2.83 bits per heavy atom. The molecule has 1 rings (SSSR count). The van der Waals surface area contributed by atoms with Gasteiger partial charge in [-0.3, -0.25) is 9.69 Å². The summed E-state index contributed by atoms with van der Waals surface area (Å²) in [5, 5.41) is 12.1. The average molecular weight is 291 g/mol. The Kier molecular flexibility index (Phi) is 6.43. The average Bonchev–Trinajstić information content (AvgIpc) is 2.32. The first kappa shape index (κ1) is 15.2. The Balaban J connectivity index is 2.52. The van der Waals surface area contributed by atoms with Gasteiger partial charge >= 0.3 is 0 Å². The summed E-state index contributed by atoms with van der Waals surface area (Å²) in [7, 11) is 1.81. The highest BCUT2D eigenvalue weighted by Crippen LogP contribution is 2.29. The summed E-state index contributed by atoms with van der Waals surface area (Å²) < 4.78 is 0. The van der Waals surface area contributed by atoms with Crippen LogP contribution in [0.1, 0.15) is 6.42 Å². The van der Waals surface area contributed by atoms with Crippen molar-refractivity contribution in [3.63, 3.8) is 0 Å². The lowest BCUT2D eigenvalue weighted by Gasteiger charge is -2.16. The predicted molar refractivity (Wildman–Crippen MR) is 74.3 cm³/mol. The highest BCUT2D eigenvalue weighted by Gasteiger charge is 2.10. The molecule has 100 valence electrons. The van der Waals surface area contributed by atoms with Crippen LogP contribution in [0.15, 0.2) is 18.2 Å². The van der Waals surface area contributed by atoms with E-state index in [4.69, 9.17) is 28.3 Å². The van der Waals surface area contributed by atoms with E-state index in [-0.39, 0.29) is 19.1 Å². The van der Waals surface area contributed by atoms with E-state index in [0.717, 1.165) is 0 Å². The quantitative estimate of drug-likeness (QED) is 0.845. The molecule has 4 nitrogen and oxygen atoms in total. The van der Waals surface area contributed by atoms with Crippen molar-refractivity contribution in [2.24, 2.45) is 0 Å². The molecule has 0 spiro atoms. The number of hydrogen-bond acceptors (Lipinski definition) is 3. The lowest BCUT2D eigenvalue weighted by Crippen LogP contribution is -2.31. The zero-order chi connectivity index (χ0) is 13.5. The topological polar surface area (TPSA) is 52.6 Å². The molecule has 0 fully saturated rings. The molecule has 0 saturated heterocycles. The van der Waals surface area contributed by atoms with Crippen LogP contribution in [-0.2, 0) is 4.79 Å². The van der Waals surface area contributed by atoms with Gasteiger partial charge in [0.25, 0.3) is 0 Å². The molecule has 2 N–H and O–H groups in total. The van der Waals surface area contributed by atoms with Crippen molar-refractivity contribution >= 4 is 34.8 Å². The SMILES string of the molecule is CN(CCCO)CC(=O)Nc1cccc(Cl)c1Cl. The van der Waals surface area contributed by atoms with Gasteiger partial charge in [0.2, 0.25) is 5.91 Å². The van der Waals surface area contributed by atoms with Gasteiger partial charge < -0.3 is 10.4 Å². The van der Waals surface area contributed by atoms with Gasteiger partial charge in [-0.15, -0.1) is 0 Å². The lowest BCUT2D eigenvalue weighted by atomic mass is 10.3. The molecule has 0 bridgehead atoms. The van der Waals surface area contributed by atoms with E-state index >= 15 is 0 Å². The Morgan fingerprint density at radius 1 is 1.44 bits per heavy atom. The number of carbonyl (C=O) groups is 1. The first-order valence-electron chi connectivity index (χ1n) is 5.58. The summed E-state index contributed by atoms with van der Waals surface area (Å²) in [6.07, 6.45) is 0.641. The van der Waals surface area contributed by atoms with E-state index in [0.29, 0.717) is 28.7 Å². The monoisotopic (exact) mass is 290 g/mol. The van der Waals surface area contributed by atoms with Crippen molar-refractivity contribution in [1.82, 2.24) is 4.90 Å². The zero-order valence-electron chi connectivity index (χ0n) is 10.1. The number of nitrogens with zero attached hydrogens (tertiary/aromatic N) is 1. The van der Waals surface area contributed by atoms with Crippen molar-refractivity contribution in [1.29, 1.82) is 0 Å². The van der Waals surface area contributed by atoms with Crippen LogP contribution in [0.3, 0.4) is 0 Å². The number of amides is 1. The lowest BCUT2D eigenvalue weighted by molar-refractivity contribution is -0.117. The molecule has 1 aromatic carbocycles. The Bertz CT molecular complexity index is 413. The van der Waals surface area contributed by atoms with Crippen molar-refractivity contribution < 1.29 is 9.90 Å². The van der Waals surface area contributed by atoms with E-state index in [9.17, 15) is 4.79 Å². The third kappa shape index (κ3) is 4.82. The van der Waals surface area contributed by atoms with Gasteiger partial charge in [-0.05, 0) is 25.6 Å². The third-order valence-corrected chi connectivity index (χ3v) is 3.16. The number of rotatable bonds is 6. The number of benzene rings is 1.